The number of nitrogens with zero attached hydrogens (tertiary/aromatic N) is 2. The number of hydrogen-bond donors (Lipinski definition) is 1. The van der Waals surface area contributed by atoms with Crippen LogP contribution in [0.25, 0.3) is 0 Å². The lowest BCUT2D eigenvalue weighted by atomic mass is 9.92. The van der Waals surface area contributed by atoms with Gasteiger partial charge in [0.15, 0.2) is 0 Å². The van der Waals surface area contributed by atoms with Crippen LogP contribution in [0.4, 0.5) is 0 Å². The van der Waals surface area contributed by atoms with E-state index in [1.807, 2.05) is 0 Å². The highest BCUT2D eigenvalue weighted by Gasteiger charge is 2.45. The molecule has 0 bridgehead atoms. The van der Waals surface area contributed by atoms with Gasteiger partial charge in [0.1, 0.15) is 6.54 Å². The van der Waals surface area contributed by atoms with Gasteiger partial charge in [-0.1, -0.05) is 6.07 Å². The number of carbonyl (C=O) groups excluding carboxylic acids is 2. The molecule has 7 heteroatoms. The molecule has 0 spiro atoms. The first-order chi connectivity index (χ1) is 11.0. The predicted molar refractivity (Wildman–Crippen MR) is 84.9 cm³/mol. The maximum Gasteiger partial charge on any atom is 0.250 e. The summed E-state index contributed by atoms with van der Waals surface area (Å²) in [7, 11) is 3.14. The van der Waals surface area contributed by atoms with Crippen molar-refractivity contribution in [2.45, 2.75) is 31.3 Å². The molecular weight excluding hydrogens is 298 g/mol. The van der Waals surface area contributed by atoms with Crippen molar-refractivity contribution in [2.24, 2.45) is 0 Å². The van der Waals surface area contributed by atoms with Gasteiger partial charge in [-0.15, -0.1) is 0 Å². The second kappa shape index (κ2) is 7.41. The number of nitrogens with one attached hydrogen (secondary N) is 1. The van der Waals surface area contributed by atoms with Crippen LogP contribution in [0.15, 0.2) is 29.2 Å². The number of methoxy groups -OCH3 is 1. The molecule has 1 aliphatic rings. The van der Waals surface area contributed by atoms with E-state index < -0.39 is 5.54 Å². The summed E-state index contributed by atoms with van der Waals surface area (Å²) in [4.78, 5) is 38.1. The first kappa shape index (κ1) is 17.2. The minimum Gasteiger partial charge on any atom is -0.382 e. The van der Waals surface area contributed by atoms with E-state index in [9.17, 15) is 14.4 Å². The Labute approximate surface area is 135 Å². The number of rotatable bonds is 6. The fraction of sp³-hybridized carbons (Fsp3) is 0.562. The van der Waals surface area contributed by atoms with Crippen LogP contribution in [0, 0.1) is 0 Å². The number of pyridine rings is 1. The Kier molecular flexibility index (Phi) is 5.54. The number of carbonyl (C=O) groups is 2. The van der Waals surface area contributed by atoms with Gasteiger partial charge in [-0.2, -0.15) is 0 Å². The summed E-state index contributed by atoms with van der Waals surface area (Å²) in [6.07, 6.45) is 3.32. The monoisotopic (exact) mass is 321 g/mol. The maximum absolute atomic E-state index is 12.7. The third kappa shape index (κ3) is 3.79. The minimum absolute atomic E-state index is 0.0289. The number of aromatic nitrogens is 1. The molecular formula is C16H23N3O4. The summed E-state index contributed by atoms with van der Waals surface area (Å²) >= 11 is 0. The number of ether oxygens (including phenoxy) is 1. The zero-order valence-electron chi connectivity index (χ0n) is 13.6. The molecule has 1 aromatic heterocycles. The Balaban J connectivity index is 2.20. The average Bonchev–Trinajstić information content (AvgIpc) is 2.93. The summed E-state index contributed by atoms with van der Waals surface area (Å²) in [5, 5.41) is 2.61. The SMILES string of the molecule is CNC(=O)CC1(COC)CCCN1C(=O)Cn1ccccc1=O. The highest BCUT2D eigenvalue weighted by atomic mass is 16.5. The van der Waals surface area contributed by atoms with Crippen molar-refractivity contribution >= 4 is 11.8 Å². The third-order valence-electron chi connectivity index (χ3n) is 4.28. The van der Waals surface area contributed by atoms with Crippen molar-refractivity contribution in [3.63, 3.8) is 0 Å². The Morgan fingerprint density at radius 3 is 2.83 bits per heavy atom. The average molecular weight is 321 g/mol. The van der Waals surface area contributed by atoms with Crippen molar-refractivity contribution < 1.29 is 14.3 Å². The van der Waals surface area contributed by atoms with Gasteiger partial charge in [0.25, 0.3) is 5.56 Å². The zero-order valence-corrected chi connectivity index (χ0v) is 13.6. The van der Waals surface area contributed by atoms with Crippen molar-refractivity contribution in [2.75, 3.05) is 27.3 Å². The molecule has 1 atom stereocenters. The molecule has 1 saturated heterocycles. The van der Waals surface area contributed by atoms with E-state index in [0.717, 1.165) is 6.42 Å². The van der Waals surface area contributed by atoms with Crippen LogP contribution in [-0.2, 0) is 20.9 Å². The predicted octanol–water partition coefficient (Wildman–Crippen LogP) is -0.00800. The van der Waals surface area contributed by atoms with Gasteiger partial charge in [0.2, 0.25) is 11.8 Å². The number of amides is 2. The van der Waals surface area contributed by atoms with Crippen LogP contribution in [0.2, 0.25) is 0 Å². The highest BCUT2D eigenvalue weighted by Crippen LogP contribution is 2.33. The molecule has 126 valence electrons. The van der Waals surface area contributed by atoms with Gasteiger partial charge in [0.05, 0.1) is 18.6 Å². The molecule has 0 saturated carbocycles. The van der Waals surface area contributed by atoms with Gasteiger partial charge < -0.3 is 19.5 Å². The molecule has 2 rings (SSSR count). The summed E-state index contributed by atoms with van der Waals surface area (Å²) in [5.74, 6) is -0.296. The van der Waals surface area contributed by atoms with Crippen LogP contribution in [-0.4, -0.2) is 54.1 Å². The van der Waals surface area contributed by atoms with Crippen LogP contribution in [0.1, 0.15) is 19.3 Å². The Morgan fingerprint density at radius 1 is 1.39 bits per heavy atom. The van der Waals surface area contributed by atoms with Gasteiger partial charge in [0, 0.05) is 33.0 Å². The summed E-state index contributed by atoms with van der Waals surface area (Å²) in [6, 6.07) is 4.77. The molecule has 7 nitrogen and oxygen atoms in total. The highest BCUT2D eigenvalue weighted by molar-refractivity contribution is 5.81. The molecule has 1 fully saturated rings. The lowest BCUT2D eigenvalue weighted by molar-refractivity contribution is -0.140. The zero-order chi connectivity index (χ0) is 16.9. The van der Waals surface area contributed by atoms with Gasteiger partial charge >= 0.3 is 0 Å². The molecule has 1 aromatic rings. The maximum atomic E-state index is 12.7. The molecule has 23 heavy (non-hydrogen) atoms. The fourth-order valence-corrected chi connectivity index (χ4v) is 3.19. The Hall–Kier alpha value is -2.15. The van der Waals surface area contributed by atoms with Crippen LogP contribution in [0.3, 0.4) is 0 Å². The van der Waals surface area contributed by atoms with Crippen molar-refractivity contribution in [1.29, 1.82) is 0 Å². The van der Waals surface area contributed by atoms with E-state index in [0.29, 0.717) is 19.6 Å². The normalized spacial score (nSPS) is 20.5. The Morgan fingerprint density at radius 2 is 2.17 bits per heavy atom. The molecule has 0 radical (unpaired) electrons. The summed E-state index contributed by atoms with van der Waals surface area (Å²) in [5.41, 5.74) is -0.853. The topological polar surface area (TPSA) is 80.6 Å². The molecule has 1 unspecified atom stereocenters. The van der Waals surface area contributed by atoms with Gasteiger partial charge in [-0.25, -0.2) is 0 Å². The minimum atomic E-state index is -0.635. The van der Waals surface area contributed by atoms with Gasteiger partial charge in [-0.05, 0) is 18.9 Å². The molecule has 2 heterocycles. The third-order valence-corrected chi connectivity index (χ3v) is 4.28. The standard InChI is InChI=1S/C16H23N3O4/c1-17-13(20)10-16(12-23-2)7-5-9-19(16)15(22)11-18-8-4-3-6-14(18)21/h3-4,6,8H,5,7,9-12H2,1-2H3,(H,17,20). The fourth-order valence-electron chi connectivity index (χ4n) is 3.19. The van der Waals surface area contributed by atoms with Crippen LogP contribution >= 0.6 is 0 Å². The van der Waals surface area contributed by atoms with Crippen molar-refractivity contribution in [1.82, 2.24) is 14.8 Å². The smallest absolute Gasteiger partial charge is 0.250 e. The quantitative estimate of drug-likeness (QED) is 0.799. The van der Waals surface area contributed by atoms with Crippen molar-refractivity contribution in [3.8, 4) is 0 Å². The summed E-state index contributed by atoms with van der Waals surface area (Å²) < 4.78 is 6.66. The van der Waals surface area contributed by atoms with E-state index in [1.165, 1.54) is 10.6 Å². The van der Waals surface area contributed by atoms with Crippen molar-refractivity contribution in [3.05, 3.63) is 34.7 Å². The second-order valence-corrected chi connectivity index (χ2v) is 5.82. The molecule has 0 aromatic carbocycles. The summed E-state index contributed by atoms with van der Waals surface area (Å²) in [6.45, 7) is 0.843. The number of hydrogen-bond acceptors (Lipinski definition) is 4. The lowest BCUT2D eigenvalue weighted by Gasteiger charge is -2.37. The van der Waals surface area contributed by atoms with Crippen LogP contribution in [0.5, 0.6) is 0 Å². The first-order valence-electron chi connectivity index (χ1n) is 7.68. The van der Waals surface area contributed by atoms with Crippen LogP contribution < -0.4 is 10.9 Å². The van der Waals surface area contributed by atoms with E-state index >= 15 is 0 Å². The van der Waals surface area contributed by atoms with E-state index in [4.69, 9.17) is 4.74 Å². The second-order valence-electron chi connectivity index (χ2n) is 5.82. The number of likely N-dealkylation sites (tertiary alicyclic amines) is 1. The first-order valence-corrected chi connectivity index (χ1v) is 7.68. The molecule has 1 N–H and O–H groups in total. The lowest BCUT2D eigenvalue weighted by Crippen LogP contribution is -2.53. The molecule has 1 aliphatic heterocycles. The van der Waals surface area contributed by atoms with E-state index in [1.54, 1.807) is 37.4 Å². The van der Waals surface area contributed by atoms with Gasteiger partial charge in [-0.3, -0.25) is 14.4 Å². The molecule has 2 amide bonds. The largest absolute Gasteiger partial charge is 0.382 e. The van der Waals surface area contributed by atoms with E-state index in [2.05, 4.69) is 5.32 Å². The molecule has 0 aliphatic carbocycles. The van der Waals surface area contributed by atoms with E-state index in [-0.39, 0.29) is 30.3 Å². The Bertz CT molecular complexity index is 628.